The third-order valence-electron chi connectivity index (χ3n) is 6.23. The lowest BCUT2D eigenvalue weighted by Gasteiger charge is -2.33. The standard InChI is InChI=1S/C31H36N2O2/c1-4-10-26-11-6-8-13-29(26)33(22-5-2)24(3)21-23-34-27-18-15-25(16-19-27)17-20-31-32-28-12-7-9-14-30(28)35-31/h6-9,11-20,24H,4-5,10,21-23H2,1-3H3. The number of hydrogen-bond donors (Lipinski definition) is 0. The number of benzene rings is 3. The second-order valence-electron chi connectivity index (χ2n) is 8.98. The van der Waals surface area contributed by atoms with Crippen LogP contribution in [0, 0.1) is 0 Å². The second-order valence-corrected chi connectivity index (χ2v) is 8.98. The van der Waals surface area contributed by atoms with Gasteiger partial charge < -0.3 is 14.1 Å². The van der Waals surface area contributed by atoms with Crippen LogP contribution in [0.4, 0.5) is 5.69 Å². The van der Waals surface area contributed by atoms with Gasteiger partial charge in [0.2, 0.25) is 5.89 Å². The molecule has 1 heterocycles. The Morgan fingerprint density at radius 3 is 2.46 bits per heavy atom. The molecule has 4 aromatic rings. The van der Waals surface area contributed by atoms with Gasteiger partial charge in [-0.05, 0) is 67.3 Å². The van der Waals surface area contributed by atoms with Crippen LogP contribution in [0.25, 0.3) is 23.3 Å². The zero-order chi connectivity index (χ0) is 24.5. The van der Waals surface area contributed by atoms with Crippen molar-refractivity contribution in [1.82, 2.24) is 4.98 Å². The number of para-hydroxylation sites is 3. The van der Waals surface area contributed by atoms with Gasteiger partial charge >= 0.3 is 0 Å². The zero-order valence-corrected chi connectivity index (χ0v) is 21.1. The van der Waals surface area contributed by atoms with E-state index in [0.29, 0.717) is 18.5 Å². The molecule has 0 aliphatic rings. The summed E-state index contributed by atoms with van der Waals surface area (Å²) in [6.07, 6.45) is 8.29. The first-order valence-corrected chi connectivity index (χ1v) is 12.8. The molecule has 1 aromatic heterocycles. The number of ether oxygens (including phenoxy) is 1. The summed E-state index contributed by atoms with van der Waals surface area (Å²) in [6, 6.07) is 25.2. The molecule has 1 atom stereocenters. The van der Waals surface area contributed by atoms with E-state index in [2.05, 4.69) is 67.1 Å². The maximum absolute atomic E-state index is 6.09. The number of nitrogens with zero attached hydrogens (tertiary/aromatic N) is 2. The topological polar surface area (TPSA) is 38.5 Å². The van der Waals surface area contributed by atoms with E-state index in [0.717, 1.165) is 54.6 Å². The SMILES string of the molecule is CCCc1ccccc1N(CCC)C(C)CCOc1ccc(C=Cc2nc3ccccc3o2)cc1. The molecule has 0 radical (unpaired) electrons. The predicted molar refractivity (Wildman–Crippen MR) is 147 cm³/mol. The molecule has 182 valence electrons. The summed E-state index contributed by atoms with van der Waals surface area (Å²) in [7, 11) is 0. The lowest BCUT2D eigenvalue weighted by Crippen LogP contribution is -2.35. The monoisotopic (exact) mass is 468 g/mol. The molecular formula is C31H36N2O2. The highest BCUT2D eigenvalue weighted by molar-refractivity contribution is 5.75. The fourth-order valence-corrected chi connectivity index (χ4v) is 4.40. The van der Waals surface area contributed by atoms with Crippen molar-refractivity contribution in [1.29, 1.82) is 0 Å². The van der Waals surface area contributed by atoms with Gasteiger partial charge in [0, 0.05) is 30.8 Å². The van der Waals surface area contributed by atoms with Gasteiger partial charge in [0.15, 0.2) is 5.58 Å². The molecule has 0 spiro atoms. The van der Waals surface area contributed by atoms with Crippen LogP contribution in [0.2, 0.25) is 0 Å². The van der Waals surface area contributed by atoms with Crippen molar-refractivity contribution in [2.24, 2.45) is 0 Å². The highest BCUT2D eigenvalue weighted by Crippen LogP contribution is 2.25. The van der Waals surface area contributed by atoms with Crippen LogP contribution >= 0.6 is 0 Å². The Morgan fingerprint density at radius 1 is 0.914 bits per heavy atom. The average molecular weight is 469 g/mol. The molecule has 4 nitrogen and oxygen atoms in total. The van der Waals surface area contributed by atoms with Gasteiger partial charge in [-0.1, -0.05) is 62.7 Å². The number of rotatable bonds is 12. The number of aryl methyl sites for hydroxylation is 1. The molecule has 0 amide bonds. The molecular weight excluding hydrogens is 432 g/mol. The van der Waals surface area contributed by atoms with Crippen LogP contribution in [0.3, 0.4) is 0 Å². The maximum atomic E-state index is 6.09. The van der Waals surface area contributed by atoms with Crippen LogP contribution in [0.5, 0.6) is 5.75 Å². The number of anilines is 1. The van der Waals surface area contributed by atoms with Crippen LogP contribution in [-0.2, 0) is 6.42 Å². The van der Waals surface area contributed by atoms with E-state index in [1.807, 2.05) is 48.6 Å². The molecule has 0 N–H and O–H groups in total. The van der Waals surface area contributed by atoms with Crippen molar-refractivity contribution in [3.05, 3.63) is 89.8 Å². The zero-order valence-electron chi connectivity index (χ0n) is 21.1. The third-order valence-corrected chi connectivity index (χ3v) is 6.23. The largest absolute Gasteiger partial charge is 0.494 e. The van der Waals surface area contributed by atoms with Crippen molar-refractivity contribution in [3.63, 3.8) is 0 Å². The van der Waals surface area contributed by atoms with Crippen molar-refractivity contribution < 1.29 is 9.15 Å². The average Bonchev–Trinajstić information content (AvgIpc) is 3.30. The Morgan fingerprint density at radius 2 is 1.69 bits per heavy atom. The Balaban J connectivity index is 1.32. The lowest BCUT2D eigenvalue weighted by molar-refractivity contribution is 0.297. The summed E-state index contributed by atoms with van der Waals surface area (Å²) < 4.78 is 11.8. The molecule has 0 fully saturated rings. The fourth-order valence-electron chi connectivity index (χ4n) is 4.40. The highest BCUT2D eigenvalue weighted by atomic mass is 16.5. The fraction of sp³-hybridized carbons (Fsp3) is 0.323. The molecule has 4 heteroatoms. The van der Waals surface area contributed by atoms with E-state index in [-0.39, 0.29) is 0 Å². The predicted octanol–water partition coefficient (Wildman–Crippen LogP) is 8.02. The van der Waals surface area contributed by atoms with Crippen LogP contribution in [0.15, 0.2) is 77.2 Å². The van der Waals surface area contributed by atoms with Crippen molar-refractivity contribution >= 4 is 28.9 Å². The molecule has 0 saturated carbocycles. The quantitative estimate of drug-likeness (QED) is 0.211. The minimum Gasteiger partial charge on any atom is -0.494 e. The molecule has 1 unspecified atom stereocenters. The smallest absolute Gasteiger partial charge is 0.220 e. The molecule has 4 rings (SSSR count). The van der Waals surface area contributed by atoms with Crippen LogP contribution in [0.1, 0.15) is 57.1 Å². The first-order chi connectivity index (χ1) is 17.2. The molecule has 0 aliphatic heterocycles. The number of fused-ring (bicyclic) bond motifs is 1. The first kappa shape index (κ1) is 24.6. The molecule has 0 aliphatic carbocycles. The molecule has 0 saturated heterocycles. The normalized spacial score (nSPS) is 12.3. The van der Waals surface area contributed by atoms with Crippen molar-refractivity contribution in [2.75, 3.05) is 18.1 Å². The van der Waals surface area contributed by atoms with E-state index >= 15 is 0 Å². The minimum absolute atomic E-state index is 0.409. The molecule has 0 bridgehead atoms. The van der Waals surface area contributed by atoms with E-state index in [9.17, 15) is 0 Å². The Hall–Kier alpha value is -3.53. The highest BCUT2D eigenvalue weighted by Gasteiger charge is 2.16. The van der Waals surface area contributed by atoms with Crippen LogP contribution < -0.4 is 9.64 Å². The molecule has 35 heavy (non-hydrogen) atoms. The molecule has 3 aromatic carbocycles. The summed E-state index contributed by atoms with van der Waals surface area (Å²) in [5, 5.41) is 0. The van der Waals surface area contributed by atoms with Gasteiger partial charge in [-0.15, -0.1) is 0 Å². The van der Waals surface area contributed by atoms with E-state index in [4.69, 9.17) is 9.15 Å². The van der Waals surface area contributed by atoms with Gasteiger partial charge in [0.1, 0.15) is 11.3 Å². The van der Waals surface area contributed by atoms with Gasteiger partial charge in [-0.3, -0.25) is 0 Å². The van der Waals surface area contributed by atoms with Crippen LogP contribution in [-0.4, -0.2) is 24.2 Å². The number of oxazole rings is 1. The van der Waals surface area contributed by atoms with Gasteiger partial charge in [0.05, 0.1) is 6.61 Å². The number of hydrogen-bond acceptors (Lipinski definition) is 4. The van der Waals surface area contributed by atoms with Crippen molar-refractivity contribution in [3.8, 4) is 5.75 Å². The summed E-state index contributed by atoms with van der Waals surface area (Å²) in [5.41, 5.74) is 5.57. The van der Waals surface area contributed by atoms with Gasteiger partial charge in [-0.2, -0.15) is 0 Å². The summed E-state index contributed by atoms with van der Waals surface area (Å²) in [5.74, 6) is 1.50. The lowest BCUT2D eigenvalue weighted by atomic mass is 10.0. The summed E-state index contributed by atoms with van der Waals surface area (Å²) >= 11 is 0. The van der Waals surface area contributed by atoms with E-state index < -0.39 is 0 Å². The summed E-state index contributed by atoms with van der Waals surface area (Å²) in [4.78, 5) is 7.03. The third kappa shape index (κ3) is 6.54. The van der Waals surface area contributed by atoms with Gasteiger partial charge in [-0.25, -0.2) is 4.98 Å². The second kappa shape index (κ2) is 12.3. The van der Waals surface area contributed by atoms with E-state index in [1.165, 1.54) is 11.3 Å². The Bertz CT molecular complexity index is 1190. The van der Waals surface area contributed by atoms with E-state index in [1.54, 1.807) is 0 Å². The minimum atomic E-state index is 0.409. The first-order valence-electron chi connectivity index (χ1n) is 12.8. The Kier molecular flexibility index (Phi) is 8.61. The summed E-state index contributed by atoms with van der Waals surface area (Å²) in [6.45, 7) is 8.55. The van der Waals surface area contributed by atoms with Crippen molar-refractivity contribution in [2.45, 2.75) is 52.5 Å². The Labute approximate surface area is 209 Å². The van der Waals surface area contributed by atoms with Gasteiger partial charge in [0.25, 0.3) is 0 Å². The number of aromatic nitrogens is 1. The maximum Gasteiger partial charge on any atom is 0.220 e.